The van der Waals surface area contributed by atoms with E-state index >= 15 is 0 Å². The van der Waals surface area contributed by atoms with Gasteiger partial charge in [0.2, 0.25) is 0 Å². The summed E-state index contributed by atoms with van der Waals surface area (Å²) in [5.41, 5.74) is 0.945. The second kappa shape index (κ2) is 6.85. The molecule has 0 aliphatic heterocycles. The summed E-state index contributed by atoms with van der Waals surface area (Å²) in [5, 5.41) is 10.4. The fourth-order valence-electron chi connectivity index (χ4n) is 2.03. The van der Waals surface area contributed by atoms with E-state index in [1.165, 1.54) is 0 Å². The van der Waals surface area contributed by atoms with Gasteiger partial charge in [-0.05, 0) is 52.8 Å². The lowest BCUT2D eigenvalue weighted by Gasteiger charge is -2.14. The number of imidazole rings is 1. The van der Waals surface area contributed by atoms with E-state index in [4.69, 9.17) is 0 Å². The molecule has 1 atom stereocenters. The number of aromatic nitrogens is 2. The van der Waals surface area contributed by atoms with Gasteiger partial charge in [0.05, 0.1) is 6.10 Å². The van der Waals surface area contributed by atoms with Crippen LogP contribution in [0.1, 0.15) is 30.8 Å². The maximum Gasteiger partial charge on any atom is 0.111 e. The molecule has 0 bridgehead atoms. The van der Waals surface area contributed by atoms with Crippen LogP contribution in [0.25, 0.3) is 0 Å². The Labute approximate surface area is 135 Å². The van der Waals surface area contributed by atoms with Gasteiger partial charge in [-0.2, -0.15) is 0 Å². The van der Waals surface area contributed by atoms with E-state index in [1.807, 2.05) is 24.4 Å². The minimum Gasteiger partial charge on any atom is -0.388 e. The molecule has 0 spiro atoms. The number of aryl methyl sites for hydroxylation is 1. The van der Waals surface area contributed by atoms with Gasteiger partial charge in [-0.1, -0.05) is 22.9 Å². The van der Waals surface area contributed by atoms with Crippen molar-refractivity contribution < 1.29 is 5.11 Å². The first-order valence-electron chi connectivity index (χ1n) is 6.24. The number of hydrogen-bond donors (Lipinski definition) is 1. The number of benzene rings is 1. The number of aliphatic hydroxyl groups excluding tert-OH is 1. The van der Waals surface area contributed by atoms with Crippen LogP contribution in [0, 0.1) is 3.57 Å². The van der Waals surface area contributed by atoms with Gasteiger partial charge >= 0.3 is 0 Å². The molecule has 0 fully saturated rings. The summed E-state index contributed by atoms with van der Waals surface area (Å²) in [6.45, 7) is 3.08. The first kappa shape index (κ1) is 15.0. The summed E-state index contributed by atoms with van der Waals surface area (Å²) in [6.07, 6.45) is 4.84. The van der Waals surface area contributed by atoms with Crippen LogP contribution in [-0.2, 0) is 13.0 Å². The molecule has 19 heavy (non-hydrogen) atoms. The number of hydrogen-bond acceptors (Lipinski definition) is 2. The van der Waals surface area contributed by atoms with Crippen LogP contribution in [0.4, 0.5) is 0 Å². The summed E-state index contributed by atoms with van der Waals surface area (Å²) < 4.78 is 4.16. The first-order valence-corrected chi connectivity index (χ1v) is 8.12. The second-order valence-electron chi connectivity index (χ2n) is 4.42. The largest absolute Gasteiger partial charge is 0.388 e. The van der Waals surface area contributed by atoms with Gasteiger partial charge < -0.3 is 9.67 Å². The van der Waals surface area contributed by atoms with Crippen molar-refractivity contribution in [3.63, 3.8) is 0 Å². The van der Waals surface area contributed by atoms with Crippen LogP contribution < -0.4 is 0 Å². The van der Waals surface area contributed by atoms with E-state index < -0.39 is 6.10 Å². The molecule has 0 aliphatic rings. The summed E-state index contributed by atoms with van der Waals surface area (Å²) in [7, 11) is 0. The van der Waals surface area contributed by atoms with Gasteiger partial charge in [0.1, 0.15) is 5.82 Å². The molecule has 0 saturated heterocycles. The molecule has 3 nitrogen and oxygen atoms in total. The van der Waals surface area contributed by atoms with Crippen molar-refractivity contribution in [1.29, 1.82) is 0 Å². The van der Waals surface area contributed by atoms with Gasteiger partial charge in [-0.15, -0.1) is 0 Å². The lowest BCUT2D eigenvalue weighted by molar-refractivity contribution is 0.173. The average molecular weight is 435 g/mol. The van der Waals surface area contributed by atoms with Gasteiger partial charge in [0.25, 0.3) is 0 Å². The van der Waals surface area contributed by atoms with Crippen molar-refractivity contribution in [2.75, 3.05) is 0 Å². The molecule has 1 heterocycles. The van der Waals surface area contributed by atoms with Crippen molar-refractivity contribution in [3.8, 4) is 0 Å². The molecule has 1 aromatic carbocycles. The molecule has 0 aliphatic carbocycles. The van der Waals surface area contributed by atoms with Crippen molar-refractivity contribution in [3.05, 3.63) is 50.0 Å². The van der Waals surface area contributed by atoms with E-state index in [1.54, 1.807) is 6.20 Å². The highest BCUT2D eigenvalue weighted by Crippen LogP contribution is 2.26. The quantitative estimate of drug-likeness (QED) is 0.724. The highest BCUT2D eigenvalue weighted by Gasteiger charge is 2.15. The van der Waals surface area contributed by atoms with Gasteiger partial charge in [0.15, 0.2) is 0 Å². The number of rotatable bonds is 5. The minimum absolute atomic E-state index is 0.526. The summed E-state index contributed by atoms with van der Waals surface area (Å²) >= 11 is 5.70. The maximum absolute atomic E-state index is 10.4. The molecule has 102 valence electrons. The number of halogens is 2. The van der Waals surface area contributed by atoms with Crippen molar-refractivity contribution >= 4 is 38.5 Å². The third kappa shape index (κ3) is 3.79. The van der Waals surface area contributed by atoms with E-state index in [0.717, 1.165) is 32.4 Å². The van der Waals surface area contributed by atoms with Gasteiger partial charge in [-0.25, -0.2) is 4.98 Å². The van der Waals surface area contributed by atoms with Crippen LogP contribution in [0.3, 0.4) is 0 Å². The molecule has 1 unspecified atom stereocenters. The van der Waals surface area contributed by atoms with Crippen molar-refractivity contribution in [1.82, 2.24) is 9.55 Å². The fraction of sp³-hybridized carbons (Fsp3) is 0.357. The normalized spacial score (nSPS) is 12.6. The zero-order valence-electron chi connectivity index (χ0n) is 10.7. The molecular weight excluding hydrogens is 419 g/mol. The van der Waals surface area contributed by atoms with E-state index in [0.29, 0.717) is 6.42 Å². The highest BCUT2D eigenvalue weighted by molar-refractivity contribution is 14.1. The Hall–Kier alpha value is -0.400. The Bertz CT molecular complexity index is 556. The van der Waals surface area contributed by atoms with Crippen molar-refractivity contribution in [2.24, 2.45) is 0 Å². The monoisotopic (exact) mass is 434 g/mol. The zero-order valence-corrected chi connectivity index (χ0v) is 14.4. The Morgan fingerprint density at radius 1 is 1.47 bits per heavy atom. The lowest BCUT2D eigenvalue weighted by atomic mass is 10.1. The Morgan fingerprint density at radius 3 is 3.00 bits per heavy atom. The molecule has 0 amide bonds. The number of aliphatic hydroxyl groups is 1. The second-order valence-corrected chi connectivity index (χ2v) is 6.50. The summed E-state index contributed by atoms with van der Waals surface area (Å²) in [4.78, 5) is 4.34. The van der Waals surface area contributed by atoms with Crippen LogP contribution >= 0.6 is 38.5 Å². The fourth-order valence-corrected chi connectivity index (χ4v) is 3.10. The molecule has 2 rings (SSSR count). The van der Waals surface area contributed by atoms with Gasteiger partial charge in [-0.3, -0.25) is 0 Å². The Morgan fingerprint density at radius 2 is 2.26 bits per heavy atom. The molecule has 1 N–H and O–H groups in total. The lowest BCUT2D eigenvalue weighted by Crippen LogP contribution is -2.10. The molecule has 5 heteroatoms. The van der Waals surface area contributed by atoms with Crippen LogP contribution in [0.15, 0.2) is 35.1 Å². The molecule has 2 aromatic rings. The van der Waals surface area contributed by atoms with E-state index in [9.17, 15) is 5.11 Å². The van der Waals surface area contributed by atoms with Crippen LogP contribution in [0.5, 0.6) is 0 Å². The molecule has 1 aromatic heterocycles. The summed E-state index contributed by atoms with van der Waals surface area (Å²) in [5.74, 6) is 0.935. The molecular formula is C14H16BrIN2O. The third-order valence-corrected chi connectivity index (χ3v) is 4.43. The smallest absolute Gasteiger partial charge is 0.111 e. The van der Waals surface area contributed by atoms with E-state index in [2.05, 4.69) is 55.0 Å². The van der Waals surface area contributed by atoms with Crippen LogP contribution in [-0.4, -0.2) is 14.7 Å². The van der Waals surface area contributed by atoms with Gasteiger partial charge in [0, 0.05) is 33.4 Å². The minimum atomic E-state index is -0.526. The van der Waals surface area contributed by atoms with Crippen LogP contribution in [0.2, 0.25) is 0 Å². The predicted molar refractivity (Wildman–Crippen MR) is 88.0 cm³/mol. The maximum atomic E-state index is 10.4. The summed E-state index contributed by atoms with van der Waals surface area (Å²) in [6, 6.07) is 5.96. The predicted octanol–water partition coefficient (Wildman–Crippen LogP) is 3.94. The first-order chi connectivity index (χ1) is 9.11. The Kier molecular flexibility index (Phi) is 5.41. The Balaban J connectivity index is 2.18. The van der Waals surface area contributed by atoms with Crippen molar-refractivity contribution in [2.45, 2.75) is 32.4 Å². The number of nitrogens with zero attached hydrogens (tertiary/aromatic N) is 2. The highest BCUT2D eigenvalue weighted by atomic mass is 127. The zero-order chi connectivity index (χ0) is 13.8. The molecule has 0 saturated carbocycles. The van der Waals surface area contributed by atoms with E-state index in [-0.39, 0.29) is 0 Å². The topological polar surface area (TPSA) is 38.0 Å². The SMILES string of the molecule is CCCn1ccnc1CC(O)c1cc(Br)ccc1I. The third-order valence-electron chi connectivity index (χ3n) is 2.96. The molecule has 0 radical (unpaired) electrons. The standard InChI is InChI=1S/C14H16BrIN2O/c1-2-6-18-7-5-17-14(18)9-13(19)11-8-10(15)3-4-12(11)16/h3-5,7-8,13,19H,2,6,9H2,1H3. The average Bonchev–Trinajstić information content (AvgIpc) is 2.80.